The third-order valence-electron chi connectivity index (χ3n) is 6.64. The lowest BCUT2D eigenvalue weighted by atomic mass is 9.93. The summed E-state index contributed by atoms with van der Waals surface area (Å²) >= 11 is 0. The van der Waals surface area contributed by atoms with Gasteiger partial charge in [-0.05, 0) is 60.7 Å². The van der Waals surface area contributed by atoms with Gasteiger partial charge in [0.2, 0.25) is 0 Å². The van der Waals surface area contributed by atoms with Crippen molar-refractivity contribution < 1.29 is 9.53 Å². The molecule has 176 valence electrons. The van der Waals surface area contributed by atoms with Crippen LogP contribution in [0.15, 0.2) is 109 Å². The summed E-state index contributed by atoms with van der Waals surface area (Å²) in [6.07, 6.45) is 1.96. The Balaban J connectivity index is 1.34. The maximum Gasteiger partial charge on any atom is 0.258 e. The number of ether oxygens (including phenoxy) is 1. The minimum Gasteiger partial charge on any atom is -0.494 e. The number of hydrogen-bond donors (Lipinski definition) is 1. The zero-order valence-corrected chi connectivity index (χ0v) is 20.0. The fraction of sp³-hybridized carbons (Fsp3) is 0.194. The number of amides is 1. The smallest absolute Gasteiger partial charge is 0.258 e. The van der Waals surface area contributed by atoms with Crippen molar-refractivity contribution in [3.05, 3.63) is 131 Å². The Kier molecular flexibility index (Phi) is 6.53. The summed E-state index contributed by atoms with van der Waals surface area (Å²) in [7, 11) is 0. The van der Waals surface area contributed by atoms with Crippen molar-refractivity contribution in [2.24, 2.45) is 0 Å². The first kappa shape index (κ1) is 22.7. The molecule has 4 aromatic carbocycles. The Labute approximate surface area is 207 Å². The van der Waals surface area contributed by atoms with Gasteiger partial charge >= 0.3 is 0 Å². The minimum absolute atomic E-state index is 0.0203. The highest BCUT2D eigenvalue weighted by atomic mass is 16.5. The molecule has 1 atom stereocenters. The van der Waals surface area contributed by atoms with Gasteiger partial charge in [-0.1, -0.05) is 84.9 Å². The number of nitrogens with one attached hydrogen (secondary N) is 1. The largest absolute Gasteiger partial charge is 0.494 e. The third-order valence-corrected chi connectivity index (χ3v) is 6.64. The number of anilines is 1. The Morgan fingerprint density at radius 2 is 1.40 bits per heavy atom. The van der Waals surface area contributed by atoms with Crippen molar-refractivity contribution in [1.29, 1.82) is 0 Å². The second-order valence-corrected chi connectivity index (χ2v) is 9.08. The van der Waals surface area contributed by atoms with E-state index in [0.29, 0.717) is 18.7 Å². The molecule has 0 spiro atoms. The zero-order valence-electron chi connectivity index (χ0n) is 20.0. The molecule has 5 rings (SSSR count). The number of nitrogens with zero attached hydrogens (tertiary/aromatic N) is 1. The number of carbonyl (C=O) groups excluding carboxylic acids is 1. The monoisotopic (exact) mass is 462 g/mol. The van der Waals surface area contributed by atoms with E-state index < -0.39 is 5.66 Å². The predicted octanol–water partition coefficient (Wildman–Crippen LogP) is 6.64. The first-order valence-corrected chi connectivity index (χ1v) is 12.1. The summed E-state index contributed by atoms with van der Waals surface area (Å²) < 4.78 is 6.00. The number of rotatable bonds is 8. The average Bonchev–Trinajstić information content (AvgIpc) is 2.91. The number of fused-ring (bicyclic) bond motifs is 1. The highest BCUT2D eigenvalue weighted by molar-refractivity contribution is 6.02. The molecule has 0 saturated heterocycles. The van der Waals surface area contributed by atoms with Crippen LogP contribution in [0, 0.1) is 0 Å². The van der Waals surface area contributed by atoms with Crippen LogP contribution in [0.25, 0.3) is 0 Å². The van der Waals surface area contributed by atoms with Gasteiger partial charge in [0.05, 0.1) is 12.2 Å². The predicted molar refractivity (Wildman–Crippen MR) is 140 cm³/mol. The SMILES string of the molecule is CC1(c2ccc(OCCCc3ccccc3)cc2)Nc2ccccc2C(=O)N1Cc1ccccc1. The van der Waals surface area contributed by atoms with Gasteiger partial charge in [-0.25, -0.2) is 0 Å². The molecular formula is C31H30N2O2. The Bertz CT molecular complexity index is 1270. The molecule has 0 saturated carbocycles. The van der Waals surface area contributed by atoms with Crippen LogP contribution in [0.2, 0.25) is 0 Å². The lowest BCUT2D eigenvalue weighted by Crippen LogP contribution is -2.55. The Morgan fingerprint density at radius 1 is 0.771 bits per heavy atom. The van der Waals surface area contributed by atoms with Gasteiger partial charge in [0, 0.05) is 12.2 Å². The zero-order chi connectivity index (χ0) is 24.1. The molecule has 1 heterocycles. The van der Waals surface area contributed by atoms with Crippen molar-refractivity contribution in [1.82, 2.24) is 4.90 Å². The topological polar surface area (TPSA) is 41.6 Å². The molecule has 0 radical (unpaired) electrons. The van der Waals surface area contributed by atoms with Crippen LogP contribution in [0.4, 0.5) is 5.69 Å². The summed E-state index contributed by atoms with van der Waals surface area (Å²) in [4.78, 5) is 15.5. The van der Waals surface area contributed by atoms with E-state index in [-0.39, 0.29) is 5.91 Å². The van der Waals surface area contributed by atoms with Gasteiger partial charge in [-0.2, -0.15) is 0 Å². The van der Waals surface area contributed by atoms with Crippen molar-refractivity contribution in [2.75, 3.05) is 11.9 Å². The normalized spacial score (nSPS) is 16.9. The molecule has 1 aliphatic heterocycles. The quantitative estimate of drug-likeness (QED) is 0.299. The summed E-state index contributed by atoms with van der Waals surface area (Å²) in [5.41, 5.74) is 4.27. The second kappa shape index (κ2) is 10.1. The summed E-state index contributed by atoms with van der Waals surface area (Å²) in [6, 6.07) is 36.4. The maximum atomic E-state index is 13.6. The molecule has 0 aliphatic carbocycles. The van der Waals surface area contributed by atoms with E-state index in [1.54, 1.807) is 0 Å². The maximum absolute atomic E-state index is 13.6. The lowest BCUT2D eigenvalue weighted by Gasteiger charge is -2.47. The summed E-state index contributed by atoms with van der Waals surface area (Å²) in [5, 5.41) is 3.64. The van der Waals surface area contributed by atoms with Crippen LogP contribution in [0.1, 0.15) is 40.4 Å². The lowest BCUT2D eigenvalue weighted by molar-refractivity contribution is 0.0509. The van der Waals surface area contributed by atoms with Gasteiger partial charge in [-0.3, -0.25) is 4.79 Å². The van der Waals surface area contributed by atoms with E-state index in [4.69, 9.17) is 4.74 Å². The van der Waals surface area contributed by atoms with E-state index in [0.717, 1.165) is 35.4 Å². The van der Waals surface area contributed by atoms with E-state index in [1.165, 1.54) is 5.56 Å². The molecule has 4 aromatic rings. The average molecular weight is 463 g/mol. The van der Waals surface area contributed by atoms with Gasteiger partial charge in [0.1, 0.15) is 11.4 Å². The van der Waals surface area contributed by atoms with E-state index in [1.807, 2.05) is 65.6 Å². The second-order valence-electron chi connectivity index (χ2n) is 9.08. The molecule has 35 heavy (non-hydrogen) atoms. The van der Waals surface area contributed by atoms with Gasteiger partial charge in [-0.15, -0.1) is 0 Å². The molecule has 4 nitrogen and oxygen atoms in total. The number of para-hydroxylation sites is 1. The van der Waals surface area contributed by atoms with Crippen LogP contribution >= 0.6 is 0 Å². The molecule has 1 amide bonds. The highest BCUT2D eigenvalue weighted by Gasteiger charge is 2.42. The van der Waals surface area contributed by atoms with Gasteiger partial charge in [0.25, 0.3) is 5.91 Å². The standard InChI is InChI=1S/C31H30N2O2/c1-31(26-18-20-27(21-19-26)35-22-10-15-24-11-4-2-5-12-24)32-29-17-9-8-16-28(29)30(34)33(31)23-25-13-6-3-7-14-25/h2-9,11-14,16-21,32H,10,15,22-23H2,1H3. The van der Waals surface area contributed by atoms with Crippen molar-refractivity contribution in [3.8, 4) is 5.75 Å². The Hall–Kier alpha value is -4.05. The number of benzene rings is 4. The van der Waals surface area contributed by atoms with Crippen LogP contribution in [-0.4, -0.2) is 17.4 Å². The van der Waals surface area contributed by atoms with Crippen LogP contribution in [0.3, 0.4) is 0 Å². The molecule has 4 heteroatoms. The van der Waals surface area contributed by atoms with Crippen LogP contribution < -0.4 is 10.1 Å². The molecule has 1 aliphatic rings. The minimum atomic E-state index is -0.701. The first-order valence-electron chi connectivity index (χ1n) is 12.1. The molecule has 0 aromatic heterocycles. The molecule has 1 N–H and O–H groups in total. The molecule has 0 fully saturated rings. The summed E-state index contributed by atoms with van der Waals surface area (Å²) in [5.74, 6) is 0.856. The van der Waals surface area contributed by atoms with Gasteiger partial charge in [0.15, 0.2) is 0 Å². The molecule has 1 unspecified atom stereocenters. The number of hydrogen-bond acceptors (Lipinski definition) is 3. The number of aryl methyl sites for hydroxylation is 1. The van der Waals surface area contributed by atoms with Crippen molar-refractivity contribution >= 4 is 11.6 Å². The van der Waals surface area contributed by atoms with E-state index in [2.05, 4.69) is 60.8 Å². The van der Waals surface area contributed by atoms with E-state index in [9.17, 15) is 4.79 Å². The third kappa shape index (κ3) is 4.92. The Morgan fingerprint density at radius 3 is 2.11 bits per heavy atom. The summed E-state index contributed by atoms with van der Waals surface area (Å²) in [6.45, 7) is 3.24. The van der Waals surface area contributed by atoms with Crippen molar-refractivity contribution in [3.63, 3.8) is 0 Å². The fourth-order valence-electron chi connectivity index (χ4n) is 4.67. The van der Waals surface area contributed by atoms with Crippen LogP contribution in [-0.2, 0) is 18.6 Å². The first-order chi connectivity index (χ1) is 17.1. The molecular weight excluding hydrogens is 432 g/mol. The van der Waals surface area contributed by atoms with Crippen molar-refractivity contribution in [2.45, 2.75) is 32.0 Å². The van der Waals surface area contributed by atoms with Gasteiger partial charge < -0.3 is 15.0 Å². The van der Waals surface area contributed by atoms with E-state index >= 15 is 0 Å². The fourth-order valence-corrected chi connectivity index (χ4v) is 4.67. The van der Waals surface area contributed by atoms with Crippen LogP contribution in [0.5, 0.6) is 5.75 Å². The highest BCUT2D eigenvalue weighted by Crippen LogP contribution is 2.39. The number of carbonyl (C=O) groups is 1. The molecule has 0 bridgehead atoms.